The fourth-order valence-electron chi connectivity index (χ4n) is 3.75. The van der Waals surface area contributed by atoms with Crippen molar-refractivity contribution in [2.75, 3.05) is 13.1 Å². The third kappa shape index (κ3) is 5.55. The number of nitrogens with zero attached hydrogens (tertiary/aromatic N) is 1. The van der Waals surface area contributed by atoms with E-state index in [9.17, 15) is 13.2 Å². The molecule has 2 aromatic carbocycles. The second kappa shape index (κ2) is 10.1. The first-order valence-corrected chi connectivity index (χ1v) is 12.4. The van der Waals surface area contributed by atoms with Crippen molar-refractivity contribution in [3.8, 4) is 0 Å². The number of carbonyl (C=O) groups is 1. The summed E-state index contributed by atoms with van der Waals surface area (Å²) in [5.74, 6) is -0.768. The van der Waals surface area contributed by atoms with Gasteiger partial charge in [-0.3, -0.25) is 4.79 Å². The number of nitrogens with one attached hydrogen (secondary N) is 1. The number of benzene rings is 2. The van der Waals surface area contributed by atoms with Gasteiger partial charge in [0, 0.05) is 28.7 Å². The Bertz CT molecular complexity index is 963. The molecule has 1 aliphatic rings. The smallest absolute Gasteiger partial charge is 0.224 e. The SMILES string of the molecule is CCC(NC(=O)C1CCCN(S(=O)(=O)Cc2c(Cl)cccc2Cl)C1)c1ccccc1. The van der Waals surface area contributed by atoms with Crippen LogP contribution in [-0.4, -0.2) is 31.7 Å². The number of hydrogen-bond donors (Lipinski definition) is 1. The molecule has 0 radical (unpaired) electrons. The zero-order valence-corrected chi connectivity index (χ0v) is 19.2. The average molecular weight is 469 g/mol. The molecule has 30 heavy (non-hydrogen) atoms. The summed E-state index contributed by atoms with van der Waals surface area (Å²) in [6.07, 6.45) is 2.06. The first-order valence-electron chi connectivity index (χ1n) is 10.1. The highest BCUT2D eigenvalue weighted by molar-refractivity contribution is 7.88. The summed E-state index contributed by atoms with van der Waals surface area (Å²) < 4.78 is 27.4. The van der Waals surface area contributed by atoms with Crippen LogP contribution in [0.25, 0.3) is 0 Å². The molecule has 1 aliphatic heterocycles. The number of sulfonamides is 1. The van der Waals surface area contributed by atoms with Crippen molar-refractivity contribution < 1.29 is 13.2 Å². The summed E-state index contributed by atoms with van der Waals surface area (Å²) in [7, 11) is -3.65. The van der Waals surface area contributed by atoms with Crippen LogP contribution >= 0.6 is 23.2 Å². The Labute approximate surface area is 188 Å². The Morgan fingerprint density at radius 1 is 1.13 bits per heavy atom. The maximum Gasteiger partial charge on any atom is 0.224 e. The van der Waals surface area contributed by atoms with Gasteiger partial charge in [0.15, 0.2) is 0 Å². The van der Waals surface area contributed by atoms with Crippen LogP contribution in [0.3, 0.4) is 0 Å². The van der Waals surface area contributed by atoms with Gasteiger partial charge >= 0.3 is 0 Å². The molecule has 0 saturated carbocycles. The van der Waals surface area contributed by atoms with Crippen molar-refractivity contribution in [3.05, 3.63) is 69.7 Å². The van der Waals surface area contributed by atoms with E-state index in [0.717, 1.165) is 12.0 Å². The maximum absolute atomic E-state index is 13.0. The minimum atomic E-state index is -3.65. The van der Waals surface area contributed by atoms with Crippen molar-refractivity contribution in [1.29, 1.82) is 0 Å². The van der Waals surface area contributed by atoms with Crippen LogP contribution in [-0.2, 0) is 20.6 Å². The van der Waals surface area contributed by atoms with Gasteiger partial charge < -0.3 is 5.32 Å². The summed E-state index contributed by atoms with van der Waals surface area (Å²) in [5.41, 5.74) is 1.43. The van der Waals surface area contributed by atoms with Gasteiger partial charge in [0.05, 0.1) is 17.7 Å². The lowest BCUT2D eigenvalue weighted by atomic mass is 9.97. The Hall–Kier alpha value is -1.60. The van der Waals surface area contributed by atoms with Gasteiger partial charge in [0.25, 0.3) is 0 Å². The van der Waals surface area contributed by atoms with Gasteiger partial charge in [-0.25, -0.2) is 12.7 Å². The third-order valence-corrected chi connectivity index (χ3v) is 7.94. The van der Waals surface area contributed by atoms with Crippen molar-refractivity contribution in [3.63, 3.8) is 0 Å². The Balaban J connectivity index is 1.69. The first-order chi connectivity index (χ1) is 14.3. The molecule has 162 valence electrons. The molecule has 0 aliphatic carbocycles. The summed E-state index contributed by atoms with van der Waals surface area (Å²) in [6.45, 7) is 2.58. The lowest BCUT2D eigenvalue weighted by Crippen LogP contribution is -2.46. The van der Waals surface area contributed by atoms with Gasteiger partial charge in [0.2, 0.25) is 15.9 Å². The number of amides is 1. The summed E-state index contributed by atoms with van der Waals surface area (Å²) >= 11 is 12.3. The molecule has 1 N–H and O–H groups in total. The van der Waals surface area contributed by atoms with Crippen molar-refractivity contribution in [2.24, 2.45) is 5.92 Å². The van der Waals surface area contributed by atoms with E-state index in [2.05, 4.69) is 5.32 Å². The van der Waals surface area contributed by atoms with Gasteiger partial charge in [0.1, 0.15) is 0 Å². The highest BCUT2D eigenvalue weighted by Crippen LogP contribution is 2.29. The molecule has 3 rings (SSSR count). The number of carbonyl (C=O) groups excluding carboxylic acids is 1. The lowest BCUT2D eigenvalue weighted by Gasteiger charge is -2.32. The predicted molar refractivity (Wildman–Crippen MR) is 121 cm³/mol. The summed E-state index contributed by atoms with van der Waals surface area (Å²) in [4.78, 5) is 12.9. The molecule has 2 aromatic rings. The van der Waals surface area contributed by atoms with E-state index < -0.39 is 10.0 Å². The van der Waals surface area contributed by atoms with Crippen molar-refractivity contribution >= 4 is 39.1 Å². The van der Waals surface area contributed by atoms with Crippen LogP contribution in [0.5, 0.6) is 0 Å². The number of hydrogen-bond acceptors (Lipinski definition) is 3. The Kier molecular flexibility index (Phi) is 7.80. The molecule has 8 heteroatoms. The van der Waals surface area contributed by atoms with E-state index in [0.29, 0.717) is 35.0 Å². The van der Waals surface area contributed by atoms with Crippen LogP contribution in [0.4, 0.5) is 0 Å². The maximum atomic E-state index is 13.0. The molecular formula is C22H26Cl2N2O3S. The molecule has 5 nitrogen and oxygen atoms in total. The molecular weight excluding hydrogens is 443 g/mol. The summed E-state index contributed by atoms with van der Waals surface area (Å²) in [6, 6.07) is 14.6. The van der Waals surface area contributed by atoms with E-state index in [1.54, 1.807) is 18.2 Å². The topological polar surface area (TPSA) is 66.5 Å². The lowest BCUT2D eigenvalue weighted by molar-refractivity contribution is -0.126. The zero-order valence-electron chi connectivity index (χ0n) is 16.9. The Morgan fingerprint density at radius 2 is 1.80 bits per heavy atom. The van der Waals surface area contributed by atoms with Gasteiger partial charge in [-0.15, -0.1) is 0 Å². The standard InChI is InChI=1S/C22H26Cl2N2O3S/c1-2-21(16-8-4-3-5-9-16)25-22(27)17-10-7-13-26(14-17)30(28,29)15-18-19(23)11-6-12-20(18)24/h3-6,8-9,11-12,17,21H,2,7,10,13-15H2,1H3,(H,25,27). The minimum absolute atomic E-state index is 0.0902. The number of piperidine rings is 1. The van der Waals surface area contributed by atoms with E-state index in [1.165, 1.54) is 4.31 Å². The van der Waals surface area contributed by atoms with Crippen molar-refractivity contribution in [2.45, 2.75) is 38.0 Å². The Morgan fingerprint density at radius 3 is 2.43 bits per heavy atom. The molecule has 1 heterocycles. The van der Waals surface area contributed by atoms with E-state index in [1.807, 2.05) is 37.3 Å². The molecule has 2 unspecified atom stereocenters. The largest absolute Gasteiger partial charge is 0.349 e. The normalized spacial score (nSPS) is 18.7. The fourth-order valence-corrected chi connectivity index (χ4v) is 6.11. The van der Waals surface area contributed by atoms with Crippen LogP contribution in [0.1, 0.15) is 43.4 Å². The van der Waals surface area contributed by atoms with Crippen LogP contribution in [0.2, 0.25) is 10.0 Å². The van der Waals surface area contributed by atoms with Crippen LogP contribution in [0, 0.1) is 5.92 Å². The minimum Gasteiger partial charge on any atom is -0.349 e. The van der Waals surface area contributed by atoms with Gasteiger partial charge in [-0.2, -0.15) is 0 Å². The van der Waals surface area contributed by atoms with Crippen LogP contribution < -0.4 is 5.32 Å². The molecule has 2 atom stereocenters. The fraction of sp³-hybridized carbons (Fsp3) is 0.409. The summed E-state index contributed by atoms with van der Waals surface area (Å²) in [5, 5.41) is 3.74. The van der Waals surface area contributed by atoms with E-state index >= 15 is 0 Å². The second-order valence-electron chi connectivity index (χ2n) is 7.53. The van der Waals surface area contributed by atoms with Gasteiger partial charge in [-0.05, 0) is 37.0 Å². The quantitative estimate of drug-likeness (QED) is 0.634. The van der Waals surface area contributed by atoms with Gasteiger partial charge in [-0.1, -0.05) is 66.5 Å². The molecule has 0 aromatic heterocycles. The average Bonchev–Trinajstić information content (AvgIpc) is 2.75. The second-order valence-corrected chi connectivity index (χ2v) is 10.3. The van der Waals surface area contributed by atoms with E-state index in [-0.39, 0.29) is 30.2 Å². The zero-order chi connectivity index (χ0) is 21.7. The molecule has 0 bridgehead atoms. The van der Waals surface area contributed by atoms with E-state index in [4.69, 9.17) is 23.2 Å². The predicted octanol–water partition coefficient (Wildman–Crippen LogP) is 4.80. The molecule has 1 amide bonds. The molecule has 1 saturated heterocycles. The van der Waals surface area contributed by atoms with Crippen molar-refractivity contribution in [1.82, 2.24) is 9.62 Å². The monoisotopic (exact) mass is 468 g/mol. The highest BCUT2D eigenvalue weighted by atomic mass is 35.5. The molecule has 1 fully saturated rings. The first kappa shape index (κ1) is 23.1. The van der Waals surface area contributed by atoms with Crippen LogP contribution in [0.15, 0.2) is 48.5 Å². The molecule has 0 spiro atoms. The highest BCUT2D eigenvalue weighted by Gasteiger charge is 2.33. The number of halogens is 2. The third-order valence-electron chi connectivity index (χ3n) is 5.46. The number of rotatable bonds is 7.